The number of morpholine rings is 1. The molecule has 1 aliphatic rings. The lowest BCUT2D eigenvalue weighted by atomic mass is 10.1. The van der Waals surface area contributed by atoms with Crippen LogP contribution in [0.15, 0.2) is 60.0 Å². The van der Waals surface area contributed by atoms with E-state index in [9.17, 15) is 0 Å². The fraction of sp³-hybridized carbons (Fsp3) is 0.261. The number of ether oxygens (including phenoxy) is 1. The molecular weight excluding hydrogens is 390 g/mol. The standard InChI is InChI=1S/C23H23N7O/c1-17-3-2-4-18(11-17)14-25-15-19-12-23(29-7-9-31-10-8-29)30-22(27-19)13-21(28-30)20-5-6-24-16-26-20/h2-6,11-14,16H,7-10,15H2,1H3. The summed E-state index contributed by atoms with van der Waals surface area (Å²) in [6.45, 7) is 5.60. The molecule has 0 saturated carbocycles. The number of fused-ring (bicyclic) bond motifs is 1. The SMILES string of the molecule is Cc1cccc(C=NCc2cc(N3CCOCC3)n3nc(-c4ccncn4)cc3n2)c1. The van der Waals surface area contributed by atoms with Crippen LogP contribution >= 0.6 is 0 Å². The monoisotopic (exact) mass is 413 g/mol. The molecule has 5 rings (SSSR count). The van der Waals surface area contributed by atoms with Gasteiger partial charge >= 0.3 is 0 Å². The summed E-state index contributed by atoms with van der Waals surface area (Å²) in [5.41, 5.74) is 5.52. The molecule has 31 heavy (non-hydrogen) atoms. The van der Waals surface area contributed by atoms with Gasteiger partial charge in [0.05, 0.1) is 31.1 Å². The molecule has 0 N–H and O–H groups in total. The molecule has 1 saturated heterocycles. The highest BCUT2D eigenvalue weighted by molar-refractivity contribution is 5.79. The van der Waals surface area contributed by atoms with Crippen LogP contribution < -0.4 is 4.90 Å². The van der Waals surface area contributed by atoms with Gasteiger partial charge in [0, 0.05) is 37.6 Å². The van der Waals surface area contributed by atoms with Crippen molar-refractivity contribution < 1.29 is 4.74 Å². The zero-order valence-corrected chi connectivity index (χ0v) is 17.3. The lowest BCUT2D eigenvalue weighted by Crippen LogP contribution is -2.37. The molecule has 0 atom stereocenters. The van der Waals surface area contributed by atoms with E-state index in [-0.39, 0.29) is 0 Å². The second kappa shape index (κ2) is 8.61. The molecule has 156 valence electrons. The van der Waals surface area contributed by atoms with Crippen LogP contribution in [-0.4, -0.2) is 57.1 Å². The maximum atomic E-state index is 5.53. The van der Waals surface area contributed by atoms with E-state index in [1.165, 1.54) is 11.9 Å². The first-order valence-corrected chi connectivity index (χ1v) is 10.3. The fourth-order valence-corrected chi connectivity index (χ4v) is 3.67. The van der Waals surface area contributed by atoms with E-state index in [4.69, 9.17) is 14.8 Å². The molecule has 0 radical (unpaired) electrons. The van der Waals surface area contributed by atoms with Gasteiger partial charge in [0.15, 0.2) is 5.65 Å². The summed E-state index contributed by atoms with van der Waals surface area (Å²) in [7, 11) is 0. The molecule has 4 heterocycles. The molecule has 3 aromatic heterocycles. The molecule has 0 amide bonds. The van der Waals surface area contributed by atoms with Gasteiger partial charge in [-0.3, -0.25) is 4.99 Å². The highest BCUT2D eigenvalue weighted by atomic mass is 16.5. The highest BCUT2D eigenvalue weighted by Gasteiger charge is 2.18. The Kier molecular flexibility index (Phi) is 5.37. The Morgan fingerprint density at radius 2 is 2.00 bits per heavy atom. The van der Waals surface area contributed by atoms with Gasteiger partial charge in [-0.1, -0.05) is 29.8 Å². The van der Waals surface area contributed by atoms with Crippen molar-refractivity contribution in [3.05, 3.63) is 71.8 Å². The third-order valence-corrected chi connectivity index (χ3v) is 5.18. The third-order valence-electron chi connectivity index (χ3n) is 5.18. The molecule has 1 fully saturated rings. The van der Waals surface area contributed by atoms with Crippen molar-refractivity contribution in [1.82, 2.24) is 24.6 Å². The van der Waals surface area contributed by atoms with Crippen LogP contribution in [0, 0.1) is 6.92 Å². The lowest BCUT2D eigenvalue weighted by Gasteiger charge is -2.29. The van der Waals surface area contributed by atoms with Gasteiger partial charge in [-0.2, -0.15) is 9.61 Å². The summed E-state index contributed by atoms with van der Waals surface area (Å²) in [6, 6.07) is 14.2. The number of aromatic nitrogens is 5. The minimum atomic E-state index is 0.496. The lowest BCUT2D eigenvalue weighted by molar-refractivity contribution is 0.122. The smallest absolute Gasteiger partial charge is 0.158 e. The summed E-state index contributed by atoms with van der Waals surface area (Å²) >= 11 is 0. The largest absolute Gasteiger partial charge is 0.378 e. The van der Waals surface area contributed by atoms with Crippen LogP contribution in [0.5, 0.6) is 0 Å². The summed E-state index contributed by atoms with van der Waals surface area (Å²) < 4.78 is 7.42. The topological polar surface area (TPSA) is 80.8 Å². The first-order valence-electron chi connectivity index (χ1n) is 10.3. The molecule has 0 aliphatic carbocycles. The summed E-state index contributed by atoms with van der Waals surface area (Å²) in [4.78, 5) is 20.0. The maximum absolute atomic E-state index is 5.53. The van der Waals surface area contributed by atoms with E-state index >= 15 is 0 Å². The Bertz CT molecular complexity index is 1210. The predicted octanol–water partition coefficient (Wildman–Crippen LogP) is 2.95. The molecular formula is C23H23N7O. The first kappa shape index (κ1) is 19.3. The van der Waals surface area contributed by atoms with Gasteiger partial charge in [0.1, 0.15) is 17.8 Å². The zero-order valence-electron chi connectivity index (χ0n) is 17.3. The predicted molar refractivity (Wildman–Crippen MR) is 120 cm³/mol. The molecule has 1 aromatic carbocycles. The highest BCUT2D eigenvalue weighted by Crippen LogP contribution is 2.23. The van der Waals surface area contributed by atoms with Crippen molar-refractivity contribution in [1.29, 1.82) is 0 Å². The quantitative estimate of drug-likeness (QED) is 0.468. The molecule has 0 bridgehead atoms. The minimum absolute atomic E-state index is 0.496. The van der Waals surface area contributed by atoms with Gasteiger partial charge in [-0.25, -0.2) is 15.0 Å². The number of hydrogen-bond donors (Lipinski definition) is 0. The van der Waals surface area contributed by atoms with Crippen LogP contribution in [0.3, 0.4) is 0 Å². The van der Waals surface area contributed by atoms with E-state index in [0.717, 1.165) is 47.2 Å². The average Bonchev–Trinajstić information content (AvgIpc) is 3.24. The number of nitrogens with zero attached hydrogens (tertiary/aromatic N) is 7. The van der Waals surface area contributed by atoms with Crippen molar-refractivity contribution in [3.63, 3.8) is 0 Å². The number of aliphatic imine (C=N–C) groups is 1. The fourth-order valence-electron chi connectivity index (χ4n) is 3.67. The summed E-state index contributed by atoms with van der Waals surface area (Å²) in [5, 5.41) is 4.78. The molecule has 1 aliphatic heterocycles. The van der Waals surface area contributed by atoms with Gasteiger partial charge in [-0.15, -0.1) is 0 Å². The van der Waals surface area contributed by atoms with Crippen LogP contribution in [0.1, 0.15) is 16.8 Å². The third kappa shape index (κ3) is 4.29. The molecule has 8 nitrogen and oxygen atoms in total. The van der Waals surface area contributed by atoms with Crippen molar-refractivity contribution >= 4 is 17.7 Å². The Hall–Kier alpha value is -3.65. The second-order valence-electron chi connectivity index (χ2n) is 7.48. The van der Waals surface area contributed by atoms with E-state index in [1.54, 1.807) is 6.20 Å². The van der Waals surface area contributed by atoms with Gasteiger partial charge in [0.25, 0.3) is 0 Å². The van der Waals surface area contributed by atoms with E-state index in [1.807, 2.05) is 28.9 Å². The van der Waals surface area contributed by atoms with Crippen LogP contribution in [0.25, 0.3) is 17.0 Å². The number of anilines is 1. The van der Waals surface area contributed by atoms with Crippen LogP contribution in [0.2, 0.25) is 0 Å². The number of aryl methyl sites for hydroxylation is 1. The van der Waals surface area contributed by atoms with Gasteiger partial charge < -0.3 is 9.64 Å². The van der Waals surface area contributed by atoms with Crippen molar-refractivity contribution in [2.24, 2.45) is 4.99 Å². The Balaban J connectivity index is 1.50. The van der Waals surface area contributed by atoms with Crippen molar-refractivity contribution in [3.8, 4) is 11.4 Å². The summed E-state index contributed by atoms with van der Waals surface area (Å²) in [6.07, 6.45) is 5.14. The zero-order chi connectivity index (χ0) is 21.0. The number of benzene rings is 1. The maximum Gasteiger partial charge on any atom is 0.158 e. The van der Waals surface area contributed by atoms with Crippen molar-refractivity contribution in [2.45, 2.75) is 13.5 Å². The summed E-state index contributed by atoms with van der Waals surface area (Å²) in [5.74, 6) is 0.995. The van der Waals surface area contributed by atoms with Crippen molar-refractivity contribution in [2.75, 3.05) is 31.2 Å². The van der Waals surface area contributed by atoms with E-state index < -0.39 is 0 Å². The number of hydrogen-bond acceptors (Lipinski definition) is 7. The van der Waals surface area contributed by atoms with Gasteiger partial charge in [-0.05, 0) is 18.6 Å². The molecule has 0 unspecified atom stereocenters. The Morgan fingerprint density at radius 3 is 2.81 bits per heavy atom. The Labute approximate surface area is 180 Å². The van der Waals surface area contributed by atoms with Gasteiger partial charge in [0.2, 0.25) is 0 Å². The molecule has 8 heteroatoms. The Morgan fingerprint density at radius 1 is 1.10 bits per heavy atom. The molecule has 4 aromatic rings. The normalized spacial score (nSPS) is 14.5. The first-order chi connectivity index (χ1) is 15.3. The molecule has 0 spiro atoms. The number of rotatable bonds is 5. The van der Waals surface area contributed by atoms with E-state index in [0.29, 0.717) is 19.8 Å². The van der Waals surface area contributed by atoms with Crippen LogP contribution in [0.4, 0.5) is 5.82 Å². The van der Waals surface area contributed by atoms with E-state index in [2.05, 4.69) is 51.0 Å². The average molecular weight is 413 g/mol. The second-order valence-corrected chi connectivity index (χ2v) is 7.48. The van der Waals surface area contributed by atoms with Crippen LogP contribution in [-0.2, 0) is 11.3 Å². The minimum Gasteiger partial charge on any atom is -0.378 e.